The predicted octanol–water partition coefficient (Wildman–Crippen LogP) is 2.90. The van der Waals surface area contributed by atoms with E-state index in [1.165, 1.54) is 17.5 Å². The van der Waals surface area contributed by atoms with E-state index < -0.39 is 0 Å². The highest BCUT2D eigenvalue weighted by Gasteiger charge is 2.07. The molecule has 0 aliphatic heterocycles. The molecule has 2 rings (SSSR count). The summed E-state index contributed by atoms with van der Waals surface area (Å²) < 4.78 is 0. The van der Waals surface area contributed by atoms with Crippen LogP contribution in [0.5, 0.6) is 0 Å². The van der Waals surface area contributed by atoms with Crippen LogP contribution in [0.1, 0.15) is 17.5 Å². The smallest absolute Gasteiger partial charge is 0.00754 e. The number of allylic oxidation sites excluding steroid dienone is 1. The first-order valence-electron chi connectivity index (χ1n) is 3.85. The van der Waals surface area contributed by atoms with Gasteiger partial charge >= 0.3 is 0 Å². The summed E-state index contributed by atoms with van der Waals surface area (Å²) in [4.78, 5) is 1.13. The minimum absolute atomic E-state index is 1.13. The molecular formula is C10H10S. The lowest BCUT2D eigenvalue weighted by atomic mass is 9.97. The number of fused-ring (bicyclic) bond motifs is 1. The van der Waals surface area contributed by atoms with Crippen molar-refractivity contribution >= 4 is 17.5 Å². The van der Waals surface area contributed by atoms with Crippen LogP contribution in [0.3, 0.4) is 0 Å². The average molecular weight is 162 g/mol. The second-order valence-electron chi connectivity index (χ2n) is 2.79. The van der Waals surface area contributed by atoms with Crippen molar-refractivity contribution in [2.45, 2.75) is 12.8 Å². The second kappa shape index (κ2) is 2.74. The van der Waals surface area contributed by atoms with Crippen molar-refractivity contribution in [3.8, 4) is 0 Å². The Bertz CT molecular complexity index is 299. The van der Waals surface area contributed by atoms with Gasteiger partial charge in [0.1, 0.15) is 0 Å². The van der Waals surface area contributed by atoms with Crippen LogP contribution in [0, 0.1) is 0 Å². The minimum atomic E-state index is 1.13. The first-order valence-corrected chi connectivity index (χ1v) is 4.30. The molecule has 0 unspecified atom stereocenters. The summed E-state index contributed by atoms with van der Waals surface area (Å²) in [5.74, 6) is 0. The van der Waals surface area contributed by atoms with E-state index in [0.29, 0.717) is 0 Å². The highest BCUT2D eigenvalue weighted by molar-refractivity contribution is 7.90. The van der Waals surface area contributed by atoms with Gasteiger partial charge in [-0.2, -0.15) is 0 Å². The summed E-state index contributed by atoms with van der Waals surface area (Å²) in [6.07, 6.45) is 4.49. The molecular weight excluding hydrogens is 152 g/mol. The number of benzene rings is 1. The molecule has 1 aromatic carbocycles. The van der Waals surface area contributed by atoms with E-state index in [0.717, 1.165) is 11.3 Å². The third-order valence-electron chi connectivity index (χ3n) is 2.04. The van der Waals surface area contributed by atoms with Gasteiger partial charge in [-0.1, -0.05) is 30.3 Å². The molecule has 0 N–H and O–H groups in total. The maximum absolute atomic E-state index is 4.40. The largest absolute Gasteiger partial charge is 0.143 e. The van der Waals surface area contributed by atoms with E-state index in [4.69, 9.17) is 0 Å². The Morgan fingerprint density at radius 3 is 2.82 bits per heavy atom. The van der Waals surface area contributed by atoms with E-state index in [2.05, 4.69) is 43.0 Å². The summed E-state index contributed by atoms with van der Waals surface area (Å²) in [6.45, 7) is 0. The molecule has 11 heavy (non-hydrogen) atoms. The first kappa shape index (κ1) is 6.99. The van der Waals surface area contributed by atoms with Crippen LogP contribution >= 0.6 is 12.6 Å². The Morgan fingerprint density at radius 2 is 2.00 bits per heavy atom. The van der Waals surface area contributed by atoms with Crippen LogP contribution in [0.2, 0.25) is 0 Å². The van der Waals surface area contributed by atoms with Gasteiger partial charge in [0.25, 0.3) is 0 Å². The fourth-order valence-electron chi connectivity index (χ4n) is 1.46. The second-order valence-corrected chi connectivity index (χ2v) is 3.27. The normalized spacial score (nSPS) is 15.5. The van der Waals surface area contributed by atoms with Crippen molar-refractivity contribution in [3.63, 3.8) is 0 Å². The van der Waals surface area contributed by atoms with Crippen molar-refractivity contribution in [2.24, 2.45) is 0 Å². The van der Waals surface area contributed by atoms with Crippen molar-refractivity contribution < 1.29 is 0 Å². The maximum atomic E-state index is 4.40. The SMILES string of the molecule is SC1=CCCc2ccccc21. The van der Waals surface area contributed by atoms with Crippen molar-refractivity contribution in [2.75, 3.05) is 0 Å². The molecule has 0 fully saturated rings. The molecule has 0 spiro atoms. The Balaban J connectivity index is 2.56. The van der Waals surface area contributed by atoms with E-state index in [1.54, 1.807) is 0 Å². The Hall–Kier alpha value is -0.690. The summed E-state index contributed by atoms with van der Waals surface area (Å²) in [7, 11) is 0. The number of hydrogen-bond acceptors (Lipinski definition) is 1. The zero-order valence-electron chi connectivity index (χ0n) is 6.25. The molecule has 0 saturated carbocycles. The summed E-state index contributed by atoms with van der Waals surface area (Å²) in [5.41, 5.74) is 2.74. The van der Waals surface area contributed by atoms with Gasteiger partial charge < -0.3 is 0 Å². The lowest BCUT2D eigenvalue weighted by molar-refractivity contribution is 0.984. The van der Waals surface area contributed by atoms with Gasteiger partial charge in [0.15, 0.2) is 0 Å². The van der Waals surface area contributed by atoms with Crippen LogP contribution < -0.4 is 0 Å². The van der Waals surface area contributed by atoms with Gasteiger partial charge in [0.2, 0.25) is 0 Å². The molecule has 0 aromatic heterocycles. The molecule has 0 atom stereocenters. The van der Waals surface area contributed by atoms with Crippen LogP contribution in [0.4, 0.5) is 0 Å². The van der Waals surface area contributed by atoms with E-state index >= 15 is 0 Å². The van der Waals surface area contributed by atoms with E-state index in [9.17, 15) is 0 Å². The number of hydrogen-bond donors (Lipinski definition) is 1. The van der Waals surface area contributed by atoms with Gasteiger partial charge in [-0.15, -0.1) is 12.6 Å². The van der Waals surface area contributed by atoms with Gasteiger partial charge in [-0.3, -0.25) is 0 Å². The predicted molar refractivity (Wildman–Crippen MR) is 51.7 cm³/mol. The molecule has 1 aliphatic carbocycles. The van der Waals surface area contributed by atoms with E-state index in [1.807, 2.05) is 0 Å². The van der Waals surface area contributed by atoms with Crippen molar-refractivity contribution in [3.05, 3.63) is 41.5 Å². The molecule has 1 heteroatoms. The minimum Gasteiger partial charge on any atom is -0.143 e. The van der Waals surface area contributed by atoms with Crippen LogP contribution in [0.25, 0.3) is 4.91 Å². The molecule has 0 bridgehead atoms. The molecule has 1 aromatic rings. The Kier molecular flexibility index (Phi) is 1.74. The fraction of sp³-hybridized carbons (Fsp3) is 0.200. The summed E-state index contributed by atoms with van der Waals surface area (Å²) in [6, 6.07) is 8.46. The van der Waals surface area contributed by atoms with Crippen molar-refractivity contribution in [1.29, 1.82) is 0 Å². The lowest BCUT2D eigenvalue weighted by Crippen LogP contribution is -1.95. The molecule has 1 aliphatic rings. The quantitative estimate of drug-likeness (QED) is 0.557. The topological polar surface area (TPSA) is 0 Å². The highest BCUT2D eigenvalue weighted by Crippen LogP contribution is 2.27. The van der Waals surface area contributed by atoms with Crippen LogP contribution in [-0.4, -0.2) is 0 Å². The first-order chi connectivity index (χ1) is 5.38. The summed E-state index contributed by atoms with van der Waals surface area (Å²) in [5, 5.41) is 0. The zero-order valence-corrected chi connectivity index (χ0v) is 7.14. The van der Waals surface area contributed by atoms with Gasteiger partial charge in [0.05, 0.1) is 0 Å². The Morgan fingerprint density at radius 1 is 1.18 bits per heavy atom. The fourth-order valence-corrected chi connectivity index (χ4v) is 1.81. The van der Waals surface area contributed by atoms with Gasteiger partial charge in [-0.05, 0) is 24.0 Å². The molecule has 0 saturated heterocycles. The lowest BCUT2D eigenvalue weighted by Gasteiger charge is -2.12. The molecule has 56 valence electrons. The molecule has 0 nitrogen and oxygen atoms in total. The van der Waals surface area contributed by atoms with Crippen LogP contribution in [-0.2, 0) is 6.42 Å². The van der Waals surface area contributed by atoms with Crippen molar-refractivity contribution in [1.82, 2.24) is 0 Å². The number of rotatable bonds is 0. The summed E-state index contributed by atoms with van der Waals surface area (Å²) >= 11 is 4.40. The molecule has 0 amide bonds. The maximum Gasteiger partial charge on any atom is 0.00754 e. The Labute approximate surface area is 72.4 Å². The average Bonchev–Trinajstić information content (AvgIpc) is 2.06. The van der Waals surface area contributed by atoms with E-state index in [-0.39, 0.29) is 0 Å². The number of thiol groups is 1. The van der Waals surface area contributed by atoms with Gasteiger partial charge in [-0.25, -0.2) is 0 Å². The standard InChI is InChI=1S/C10H10S/c11-10-7-3-5-8-4-1-2-6-9(8)10/h1-2,4,6-7,11H,3,5H2. The third-order valence-corrected chi connectivity index (χ3v) is 2.47. The molecule has 0 radical (unpaired) electrons. The zero-order chi connectivity index (χ0) is 7.68. The van der Waals surface area contributed by atoms with Crippen LogP contribution in [0.15, 0.2) is 30.3 Å². The highest BCUT2D eigenvalue weighted by atomic mass is 32.1. The van der Waals surface area contributed by atoms with Gasteiger partial charge in [0, 0.05) is 4.91 Å². The number of aryl methyl sites for hydroxylation is 1. The third kappa shape index (κ3) is 1.21. The monoisotopic (exact) mass is 162 g/mol. The molecule has 0 heterocycles.